The minimum atomic E-state index is -0.520. The maximum atomic E-state index is 13.2. The van der Waals surface area contributed by atoms with Crippen LogP contribution < -0.4 is 5.32 Å². The zero-order chi connectivity index (χ0) is 18.3. The molecule has 4 aromatic rings. The number of amides is 1. The van der Waals surface area contributed by atoms with E-state index in [1.54, 1.807) is 22.7 Å². The minimum absolute atomic E-state index is 0.00871. The normalized spacial score (nSPS) is 11.0. The van der Waals surface area contributed by atoms with Crippen molar-refractivity contribution in [1.82, 2.24) is 14.4 Å². The number of carbonyl (C=O) groups is 1. The van der Waals surface area contributed by atoms with Gasteiger partial charge in [-0.05, 0) is 36.4 Å². The van der Waals surface area contributed by atoms with Crippen LogP contribution in [0.25, 0.3) is 16.2 Å². The molecule has 130 valence electrons. The van der Waals surface area contributed by atoms with E-state index in [-0.39, 0.29) is 21.7 Å². The molecule has 3 aromatic heterocycles. The van der Waals surface area contributed by atoms with Gasteiger partial charge in [-0.1, -0.05) is 23.2 Å². The number of halogens is 3. The second kappa shape index (κ2) is 6.68. The fraction of sp³-hybridized carbons (Fsp3) is 0. The molecule has 0 saturated carbocycles. The highest BCUT2D eigenvalue weighted by molar-refractivity contribution is 7.15. The van der Waals surface area contributed by atoms with E-state index in [9.17, 15) is 9.18 Å². The molecule has 0 atom stereocenters. The molecule has 1 amide bonds. The molecule has 1 N–H and O–H groups in total. The van der Waals surface area contributed by atoms with E-state index in [4.69, 9.17) is 23.2 Å². The van der Waals surface area contributed by atoms with Gasteiger partial charge in [-0.3, -0.25) is 9.20 Å². The number of fused-ring (bicyclic) bond motifs is 1. The number of rotatable bonds is 3. The van der Waals surface area contributed by atoms with Crippen molar-refractivity contribution >= 4 is 51.2 Å². The SMILES string of the molecule is O=C(Nc1c(-c2ccc(F)cc2)nc2sccn12)c1nc(Cl)ccc1Cl. The highest BCUT2D eigenvalue weighted by atomic mass is 35.5. The van der Waals surface area contributed by atoms with Crippen molar-refractivity contribution < 1.29 is 9.18 Å². The number of hydrogen-bond acceptors (Lipinski definition) is 4. The van der Waals surface area contributed by atoms with E-state index in [0.717, 1.165) is 0 Å². The summed E-state index contributed by atoms with van der Waals surface area (Å²) in [5, 5.41) is 4.97. The van der Waals surface area contributed by atoms with Crippen LogP contribution in [0.15, 0.2) is 48.0 Å². The topological polar surface area (TPSA) is 59.3 Å². The molecule has 1 aromatic carbocycles. The van der Waals surface area contributed by atoms with Gasteiger partial charge >= 0.3 is 0 Å². The van der Waals surface area contributed by atoms with Crippen LogP contribution in [0.2, 0.25) is 10.2 Å². The summed E-state index contributed by atoms with van der Waals surface area (Å²) in [5.74, 6) is -0.431. The minimum Gasteiger partial charge on any atom is -0.304 e. The molecular formula is C17H9Cl2FN4OS. The second-order valence-corrected chi connectivity index (χ2v) is 6.96. The first-order chi connectivity index (χ1) is 12.5. The molecule has 0 bridgehead atoms. The standard InChI is InChI=1S/C17H9Cl2FN4OS/c18-11-5-6-12(19)21-14(11)16(25)23-15-13(9-1-3-10(20)4-2-9)22-17-24(15)7-8-26-17/h1-8H,(H,23,25). The van der Waals surface area contributed by atoms with Crippen molar-refractivity contribution in [3.8, 4) is 11.3 Å². The van der Waals surface area contributed by atoms with Crippen LogP contribution in [0.4, 0.5) is 10.2 Å². The molecule has 0 saturated heterocycles. The Morgan fingerprint density at radius 1 is 1.12 bits per heavy atom. The van der Waals surface area contributed by atoms with Crippen LogP contribution in [-0.2, 0) is 0 Å². The lowest BCUT2D eigenvalue weighted by Gasteiger charge is -2.08. The Kier molecular flexibility index (Phi) is 4.36. The molecule has 4 rings (SSSR count). The smallest absolute Gasteiger partial charge is 0.277 e. The Balaban J connectivity index is 1.79. The summed E-state index contributed by atoms with van der Waals surface area (Å²) < 4.78 is 15.0. The summed E-state index contributed by atoms with van der Waals surface area (Å²) >= 11 is 13.3. The van der Waals surface area contributed by atoms with Crippen LogP contribution in [0, 0.1) is 5.82 Å². The Morgan fingerprint density at radius 2 is 1.88 bits per heavy atom. The first-order valence-electron chi connectivity index (χ1n) is 7.38. The molecule has 0 radical (unpaired) electrons. The molecule has 9 heteroatoms. The zero-order valence-corrected chi connectivity index (χ0v) is 15.2. The molecule has 26 heavy (non-hydrogen) atoms. The van der Waals surface area contributed by atoms with Gasteiger partial charge in [0, 0.05) is 17.1 Å². The number of benzene rings is 1. The lowest BCUT2D eigenvalue weighted by molar-refractivity contribution is 0.102. The highest BCUT2D eigenvalue weighted by Crippen LogP contribution is 2.31. The second-order valence-electron chi connectivity index (χ2n) is 5.29. The van der Waals surface area contributed by atoms with E-state index in [0.29, 0.717) is 22.0 Å². The molecule has 3 heterocycles. The molecule has 0 spiro atoms. The molecule has 0 unspecified atom stereocenters. The van der Waals surface area contributed by atoms with Crippen molar-refractivity contribution in [2.75, 3.05) is 5.32 Å². The lowest BCUT2D eigenvalue weighted by Crippen LogP contribution is -2.16. The molecule has 5 nitrogen and oxygen atoms in total. The third kappa shape index (κ3) is 3.05. The quantitative estimate of drug-likeness (QED) is 0.478. The fourth-order valence-electron chi connectivity index (χ4n) is 2.46. The summed E-state index contributed by atoms with van der Waals surface area (Å²) in [6.45, 7) is 0. The van der Waals surface area contributed by atoms with Crippen LogP contribution in [0.1, 0.15) is 10.5 Å². The number of hydrogen-bond donors (Lipinski definition) is 1. The largest absolute Gasteiger partial charge is 0.304 e. The van der Waals surface area contributed by atoms with E-state index in [2.05, 4.69) is 15.3 Å². The summed E-state index contributed by atoms with van der Waals surface area (Å²) in [5.41, 5.74) is 1.19. The first kappa shape index (κ1) is 17.0. The van der Waals surface area contributed by atoms with Crippen molar-refractivity contribution in [2.24, 2.45) is 0 Å². The molecule has 0 aliphatic carbocycles. The monoisotopic (exact) mass is 406 g/mol. The van der Waals surface area contributed by atoms with Gasteiger partial charge in [0.25, 0.3) is 5.91 Å². The van der Waals surface area contributed by atoms with Gasteiger partial charge in [0.15, 0.2) is 4.96 Å². The average molecular weight is 407 g/mol. The first-order valence-corrected chi connectivity index (χ1v) is 9.01. The van der Waals surface area contributed by atoms with Crippen LogP contribution in [0.5, 0.6) is 0 Å². The van der Waals surface area contributed by atoms with Gasteiger partial charge in [-0.2, -0.15) is 0 Å². The number of thiazole rings is 1. The van der Waals surface area contributed by atoms with E-state index in [1.807, 2.05) is 5.38 Å². The van der Waals surface area contributed by atoms with Crippen molar-refractivity contribution in [1.29, 1.82) is 0 Å². The number of imidazole rings is 1. The van der Waals surface area contributed by atoms with Crippen molar-refractivity contribution in [3.05, 3.63) is 69.7 Å². The van der Waals surface area contributed by atoms with Crippen LogP contribution >= 0.6 is 34.5 Å². The van der Waals surface area contributed by atoms with Gasteiger partial charge in [0.05, 0.1) is 5.02 Å². The summed E-state index contributed by atoms with van der Waals surface area (Å²) in [7, 11) is 0. The van der Waals surface area contributed by atoms with Gasteiger partial charge in [-0.15, -0.1) is 11.3 Å². The van der Waals surface area contributed by atoms with E-state index >= 15 is 0 Å². The van der Waals surface area contributed by atoms with E-state index < -0.39 is 5.91 Å². The Bertz CT molecular complexity index is 1120. The Hall–Kier alpha value is -2.48. The number of nitrogens with zero attached hydrogens (tertiary/aromatic N) is 3. The third-order valence-electron chi connectivity index (χ3n) is 3.64. The van der Waals surface area contributed by atoms with Crippen LogP contribution in [0.3, 0.4) is 0 Å². The number of carbonyl (C=O) groups excluding carboxylic acids is 1. The van der Waals surface area contributed by atoms with E-state index in [1.165, 1.54) is 35.6 Å². The predicted molar refractivity (Wildman–Crippen MR) is 101 cm³/mol. The van der Waals surface area contributed by atoms with Crippen molar-refractivity contribution in [2.45, 2.75) is 0 Å². The molecular weight excluding hydrogens is 398 g/mol. The molecule has 0 aliphatic rings. The van der Waals surface area contributed by atoms with Crippen molar-refractivity contribution in [3.63, 3.8) is 0 Å². The number of pyridine rings is 1. The van der Waals surface area contributed by atoms with Crippen LogP contribution in [-0.4, -0.2) is 20.3 Å². The van der Waals surface area contributed by atoms with Gasteiger partial charge in [0.2, 0.25) is 0 Å². The lowest BCUT2D eigenvalue weighted by atomic mass is 10.1. The maximum Gasteiger partial charge on any atom is 0.277 e. The third-order valence-corrected chi connectivity index (χ3v) is 4.91. The summed E-state index contributed by atoms with van der Waals surface area (Å²) in [4.78, 5) is 21.9. The van der Waals surface area contributed by atoms with Gasteiger partial charge < -0.3 is 5.32 Å². The summed E-state index contributed by atoms with van der Waals surface area (Å²) in [6.07, 6.45) is 1.78. The predicted octanol–water partition coefficient (Wildman–Crippen LogP) is 5.16. The maximum absolute atomic E-state index is 13.2. The molecule has 0 fully saturated rings. The van der Waals surface area contributed by atoms with Gasteiger partial charge in [0.1, 0.15) is 28.2 Å². The van der Waals surface area contributed by atoms with Gasteiger partial charge in [-0.25, -0.2) is 14.4 Å². The fourth-order valence-corrected chi connectivity index (χ4v) is 3.51. The number of aromatic nitrogens is 3. The molecule has 0 aliphatic heterocycles. The number of anilines is 1. The Morgan fingerprint density at radius 3 is 2.65 bits per heavy atom. The number of nitrogens with one attached hydrogen (secondary N) is 1. The highest BCUT2D eigenvalue weighted by Gasteiger charge is 2.20. The average Bonchev–Trinajstić information content (AvgIpc) is 3.20. The zero-order valence-electron chi connectivity index (χ0n) is 12.9. The Labute approximate surface area is 161 Å². The summed E-state index contributed by atoms with van der Waals surface area (Å²) in [6, 6.07) is 8.88.